The average molecular weight is 572 g/mol. The Kier molecular flexibility index (Phi) is 7.16. The van der Waals surface area contributed by atoms with Crippen LogP contribution in [0.25, 0.3) is 10.8 Å². The van der Waals surface area contributed by atoms with Crippen molar-refractivity contribution in [1.82, 2.24) is 14.8 Å². The number of carbonyl (C=O) groups is 3. The van der Waals surface area contributed by atoms with Crippen LogP contribution in [0, 0.1) is 0 Å². The molecule has 0 N–H and O–H groups in total. The highest BCUT2D eigenvalue weighted by Crippen LogP contribution is 2.38. The van der Waals surface area contributed by atoms with Gasteiger partial charge in [-0.25, -0.2) is 9.59 Å². The van der Waals surface area contributed by atoms with Crippen LogP contribution in [0.1, 0.15) is 45.6 Å². The second-order valence-electron chi connectivity index (χ2n) is 12.2. The summed E-state index contributed by atoms with van der Waals surface area (Å²) in [5, 5.41) is 1.84. The van der Waals surface area contributed by atoms with Gasteiger partial charge in [-0.05, 0) is 57.4 Å². The predicted octanol–water partition coefficient (Wildman–Crippen LogP) is 5.19. The minimum Gasteiger partial charge on any atom is -0.497 e. The van der Waals surface area contributed by atoms with Crippen LogP contribution in [-0.2, 0) is 16.1 Å². The Morgan fingerprint density at radius 2 is 1.67 bits per heavy atom. The number of nitrogens with zero attached hydrogens (tertiary/aromatic N) is 5. The molecule has 4 heterocycles. The van der Waals surface area contributed by atoms with E-state index in [1.165, 1.54) is 4.90 Å². The summed E-state index contributed by atoms with van der Waals surface area (Å²) in [6.07, 6.45) is 5.41. The first-order valence-electron chi connectivity index (χ1n) is 14.5. The Bertz CT molecular complexity index is 1500. The van der Waals surface area contributed by atoms with E-state index in [4.69, 9.17) is 9.47 Å². The van der Waals surface area contributed by atoms with Gasteiger partial charge >= 0.3 is 12.1 Å². The summed E-state index contributed by atoms with van der Waals surface area (Å²) < 4.78 is 10.9. The molecule has 0 spiro atoms. The number of piperazine rings is 1. The molecule has 10 heteroatoms. The van der Waals surface area contributed by atoms with Gasteiger partial charge < -0.3 is 14.4 Å². The summed E-state index contributed by atoms with van der Waals surface area (Å²) in [7, 11) is 1.60. The third kappa shape index (κ3) is 5.21. The third-order valence-electron chi connectivity index (χ3n) is 8.29. The number of hydrogen-bond donors (Lipinski definition) is 0. The van der Waals surface area contributed by atoms with Crippen molar-refractivity contribution in [2.45, 2.75) is 64.3 Å². The molecule has 2 atom stereocenters. The molecule has 3 aliphatic rings. The van der Waals surface area contributed by atoms with Gasteiger partial charge in [-0.2, -0.15) is 0 Å². The standard InChI is InChI=1S/C32H37N5O5/c1-32(2,3)42-31(40)37-22-10-11-23(37)20-34(19-22)27-7-5-6-25-26(27)16-33-17-28(25)35-15-14-29(38)36(30(35)39)18-21-8-12-24(41-4)13-9-21/h5-9,12-13,16-17,22-23H,10-11,14-15,18-20H2,1-4H3. The Balaban J connectivity index is 1.25. The maximum Gasteiger partial charge on any atom is 0.410 e. The Morgan fingerprint density at radius 1 is 0.952 bits per heavy atom. The van der Waals surface area contributed by atoms with Gasteiger partial charge in [0, 0.05) is 48.7 Å². The lowest BCUT2D eigenvalue weighted by atomic mass is 10.1. The fourth-order valence-corrected chi connectivity index (χ4v) is 6.35. The number of amides is 4. The Morgan fingerprint density at radius 3 is 2.33 bits per heavy atom. The summed E-state index contributed by atoms with van der Waals surface area (Å²) in [6, 6.07) is 13.2. The number of aromatic nitrogens is 1. The third-order valence-corrected chi connectivity index (χ3v) is 8.29. The van der Waals surface area contributed by atoms with Crippen LogP contribution in [0.15, 0.2) is 54.9 Å². The fourth-order valence-electron chi connectivity index (χ4n) is 6.35. The van der Waals surface area contributed by atoms with Gasteiger partial charge in [0.2, 0.25) is 5.91 Å². The van der Waals surface area contributed by atoms with Crippen LogP contribution >= 0.6 is 0 Å². The highest BCUT2D eigenvalue weighted by molar-refractivity contribution is 6.11. The van der Waals surface area contributed by atoms with Crippen molar-refractivity contribution in [3.05, 3.63) is 60.4 Å². The molecule has 0 saturated carbocycles. The zero-order valence-corrected chi connectivity index (χ0v) is 24.6. The van der Waals surface area contributed by atoms with E-state index in [0.29, 0.717) is 31.1 Å². The van der Waals surface area contributed by atoms with Crippen molar-refractivity contribution in [2.75, 3.05) is 36.5 Å². The molecule has 3 aliphatic heterocycles. The molecule has 2 bridgehead atoms. The van der Waals surface area contributed by atoms with Gasteiger partial charge in [0.15, 0.2) is 0 Å². The van der Waals surface area contributed by atoms with Gasteiger partial charge in [-0.1, -0.05) is 24.3 Å². The number of fused-ring (bicyclic) bond motifs is 3. The van der Waals surface area contributed by atoms with E-state index in [1.54, 1.807) is 18.2 Å². The molecule has 3 fully saturated rings. The molecule has 2 unspecified atom stereocenters. The molecule has 220 valence electrons. The van der Waals surface area contributed by atoms with Crippen LogP contribution < -0.4 is 14.5 Å². The second-order valence-corrected chi connectivity index (χ2v) is 12.2. The first-order chi connectivity index (χ1) is 20.1. The van der Waals surface area contributed by atoms with Crippen molar-refractivity contribution in [3.8, 4) is 5.75 Å². The molecule has 0 aliphatic carbocycles. The maximum atomic E-state index is 13.7. The lowest BCUT2D eigenvalue weighted by Gasteiger charge is -2.42. The summed E-state index contributed by atoms with van der Waals surface area (Å²) in [5.74, 6) is 0.521. The van der Waals surface area contributed by atoms with Gasteiger partial charge in [0.05, 0.1) is 37.6 Å². The normalized spacial score (nSPS) is 20.9. The number of imide groups is 1. The molecule has 4 amide bonds. The van der Waals surface area contributed by atoms with E-state index in [1.807, 2.05) is 68.3 Å². The first-order valence-corrected chi connectivity index (χ1v) is 14.5. The van der Waals surface area contributed by atoms with Crippen LogP contribution in [0.3, 0.4) is 0 Å². The number of pyridine rings is 1. The number of methoxy groups -OCH3 is 1. The highest BCUT2D eigenvalue weighted by atomic mass is 16.6. The SMILES string of the molecule is COc1ccc(CN2C(=O)CCN(c3cncc4c(N5CC6CCC(C5)N6C(=O)OC(C)(C)C)cccc34)C2=O)cc1. The van der Waals surface area contributed by atoms with E-state index in [0.717, 1.165) is 34.9 Å². The first kappa shape index (κ1) is 27.8. The van der Waals surface area contributed by atoms with Gasteiger partial charge in [-0.15, -0.1) is 0 Å². The molecule has 0 radical (unpaired) electrons. The van der Waals surface area contributed by atoms with E-state index in [2.05, 4.69) is 16.0 Å². The number of rotatable bonds is 5. The van der Waals surface area contributed by atoms with E-state index in [9.17, 15) is 14.4 Å². The van der Waals surface area contributed by atoms with Crippen LogP contribution in [0.2, 0.25) is 0 Å². The molecule has 2 aromatic carbocycles. The molecular formula is C32H37N5O5. The van der Waals surface area contributed by atoms with Crippen LogP contribution in [0.4, 0.5) is 21.0 Å². The number of carbonyl (C=O) groups excluding carboxylic acids is 3. The summed E-state index contributed by atoms with van der Waals surface area (Å²) in [6.45, 7) is 7.56. The highest BCUT2D eigenvalue weighted by Gasteiger charge is 2.44. The Hall–Kier alpha value is -4.34. The molecule has 42 heavy (non-hydrogen) atoms. The number of hydrogen-bond acceptors (Lipinski definition) is 7. The number of benzene rings is 2. The number of anilines is 2. The van der Waals surface area contributed by atoms with Gasteiger partial charge in [0.25, 0.3) is 0 Å². The second kappa shape index (κ2) is 10.8. The van der Waals surface area contributed by atoms with Crippen molar-refractivity contribution in [3.63, 3.8) is 0 Å². The van der Waals surface area contributed by atoms with Gasteiger partial charge in [-0.3, -0.25) is 24.5 Å². The number of ether oxygens (including phenoxy) is 2. The average Bonchev–Trinajstić information content (AvgIpc) is 3.24. The number of urea groups is 1. The predicted molar refractivity (Wildman–Crippen MR) is 160 cm³/mol. The van der Waals surface area contributed by atoms with Crippen molar-refractivity contribution in [1.29, 1.82) is 0 Å². The Labute approximate surface area is 245 Å². The topological polar surface area (TPSA) is 95.5 Å². The minimum absolute atomic E-state index is 0.0752. The largest absolute Gasteiger partial charge is 0.497 e. The van der Waals surface area contributed by atoms with Crippen molar-refractivity contribution >= 4 is 40.2 Å². The minimum atomic E-state index is -0.536. The molecule has 6 rings (SSSR count). The molecular weight excluding hydrogens is 534 g/mol. The zero-order chi connectivity index (χ0) is 29.6. The van der Waals surface area contributed by atoms with E-state index in [-0.39, 0.29) is 43.1 Å². The lowest BCUT2D eigenvalue weighted by Crippen LogP contribution is -2.56. The monoisotopic (exact) mass is 571 g/mol. The summed E-state index contributed by atoms with van der Waals surface area (Å²) >= 11 is 0. The van der Waals surface area contributed by atoms with E-state index >= 15 is 0 Å². The fraction of sp³-hybridized carbons (Fsp3) is 0.438. The quantitative estimate of drug-likeness (QED) is 0.416. The van der Waals surface area contributed by atoms with Crippen LogP contribution in [-0.4, -0.2) is 77.2 Å². The smallest absolute Gasteiger partial charge is 0.410 e. The van der Waals surface area contributed by atoms with Crippen molar-refractivity contribution in [2.24, 2.45) is 0 Å². The van der Waals surface area contributed by atoms with Crippen molar-refractivity contribution < 1.29 is 23.9 Å². The van der Waals surface area contributed by atoms with Gasteiger partial charge in [0.1, 0.15) is 11.4 Å². The maximum absolute atomic E-state index is 13.7. The molecule has 1 aromatic heterocycles. The molecule has 10 nitrogen and oxygen atoms in total. The zero-order valence-electron chi connectivity index (χ0n) is 24.6. The van der Waals surface area contributed by atoms with Crippen LogP contribution in [0.5, 0.6) is 5.75 Å². The lowest BCUT2D eigenvalue weighted by molar-refractivity contribution is -0.129. The summed E-state index contributed by atoms with van der Waals surface area (Å²) in [4.78, 5) is 51.3. The molecule has 3 saturated heterocycles. The summed E-state index contributed by atoms with van der Waals surface area (Å²) in [5.41, 5.74) is 2.02. The molecule has 3 aromatic rings. The van der Waals surface area contributed by atoms with E-state index < -0.39 is 5.60 Å².